The number of ether oxygens (including phenoxy) is 1. The van der Waals surface area contributed by atoms with E-state index in [1.54, 1.807) is 12.1 Å². The van der Waals surface area contributed by atoms with Gasteiger partial charge < -0.3 is 19.4 Å². The Morgan fingerprint density at radius 3 is 2.43 bits per heavy atom. The first kappa shape index (κ1) is 18.4. The molecule has 7 nitrogen and oxygen atoms in total. The molecule has 3 heterocycles. The molecule has 4 rings (SSSR count). The second kappa shape index (κ2) is 7.98. The first-order chi connectivity index (χ1) is 13.7. The number of rotatable bonds is 3. The standard InChI is InChI=1S/C20H23FN6O/c1-15-13-18(24-20(23-15)27-9-11-28-12-10-27)25-5-7-26(8-6-25)19-16(14-22)3-2-4-17(19)21/h2-4,13H,5-12H2,1H3. The molecule has 28 heavy (non-hydrogen) atoms. The summed E-state index contributed by atoms with van der Waals surface area (Å²) in [5.74, 6) is 1.28. The molecule has 0 radical (unpaired) electrons. The number of benzene rings is 1. The third-order valence-corrected chi connectivity index (χ3v) is 5.15. The lowest BCUT2D eigenvalue weighted by molar-refractivity contribution is 0.122. The van der Waals surface area contributed by atoms with Crippen LogP contribution >= 0.6 is 0 Å². The summed E-state index contributed by atoms with van der Waals surface area (Å²) in [5, 5.41) is 9.30. The van der Waals surface area contributed by atoms with Gasteiger partial charge in [0.15, 0.2) is 0 Å². The lowest BCUT2D eigenvalue weighted by Gasteiger charge is -2.37. The number of halogens is 1. The van der Waals surface area contributed by atoms with Crippen LogP contribution in [0.5, 0.6) is 0 Å². The molecule has 0 atom stereocenters. The number of nitrogens with zero attached hydrogens (tertiary/aromatic N) is 6. The van der Waals surface area contributed by atoms with Crippen LogP contribution in [0.25, 0.3) is 0 Å². The Hall–Kier alpha value is -2.92. The van der Waals surface area contributed by atoms with Crippen LogP contribution in [0.4, 0.5) is 21.8 Å². The molecule has 0 spiro atoms. The third-order valence-electron chi connectivity index (χ3n) is 5.15. The number of anilines is 3. The van der Waals surface area contributed by atoms with Gasteiger partial charge in [0.05, 0.1) is 24.5 Å². The van der Waals surface area contributed by atoms with E-state index in [1.165, 1.54) is 6.07 Å². The average Bonchev–Trinajstić information content (AvgIpc) is 2.74. The molecule has 2 aromatic rings. The Morgan fingerprint density at radius 1 is 1.00 bits per heavy atom. The zero-order valence-corrected chi connectivity index (χ0v) is 15.9. The van der Waals surface area contributed by atoms with Gasteiger partial charge in [-0.15, -0.1) is 0 Å². The topological polar surface area (TPSA) is 68.5 Å². The summed E-state index contributed by atoms with van der Waals surface area (Å²) in [6.45, 7) is 7.61. The normalized spacial score (nSPS) is 17.5. The average molecular weight is 382 g/mol. The minimum atomic E-state index is -0.347. The first-order valence-corrected chi connectivity index (χ1v) is 9.52. The molecule has 0 bridgehead atoms. The Labute approximate surface area is 164 Å². The highest BCUT2D eigenvalue weighted by atomic mass is 19.1. The number of nitriles is 1. The molecule has 0 aliphatic carbocycles. The van der Waals surface area contributed by atoms with Crippen molar-refractivity contribution >= 4 is 17.5 Å². The van der Waals surface area contributed by atoms with Crippen LogP contribution < -0.4 is 14.7 Å². The van der Waals surface area contributed by atoms with Crippen molar-refractivity contribution in [2.45, 2.75) is 6.92 Å². The largest absolute Gasteiger partial charge is 0.378 e. The number of piperazine rings is 1. The Morgan fingerprint density at radius 2 is 1.71 bits per heavy atom. The molecule has 0 saturated carbocycles. The van der Waals surface area contributed by atoms with Crippen molar-refractivity contribution in [3.8, 4) is 6.07 Å². The highest BCUT2D eigenvalue weighted by Gasteiger charge is 2.24. The zero-order valence-electron chi connectivity index (χ0n) is 15.9. The summed E-state index contributed by atoms with van der Waals surface area (Å²) in [5.41, 5.74) is 1.70. The quantitative estimate of drug-likeness (QED) is 0.804. The lowest BCUT2D eigenvalue weighted by Crippen LogP contribution is -2.47. The van der Waals surface area contributed by atoms with Crippen LogP contribution in [0.2, 0.25) is 0 Å². The molecule has 2 fully saturated rings. The van der Waals surface area contributed by atoms with E-state index >= 15 is 0 Å². The van der Waals surface area contributed by atoms with Crippen molar-refractivity contribution in [2.75, 3.05) is 67.2 Å². The SMILES string of the molecule is Cc1cc(N2CCN(c3c(F)cccc3C#N)CC2)nc(N2CCOCC2)n1. The van der Waals surface area contributed by atoms with Crippen molar-refractivity contribution in [1.29, 1.82) is 5.26 Å². The van der Waals surface area contributed by atoms with E-state index in [-0.39, 0.29) is 5.82 Å². The minimum absolute atomic E-state index is 0.347. The third kappa shape index (κ3) is 3.71. The second-order valence-electron chi connectivity index (χ2n) is 6.99. The predicted octanol–water partition coefficient (Wildman–Crippen LogP) is 1.96. The Bertz CT molecular complexity index is 885. The molecule has 0 N–H and O–H groups in total. The summed E-state index contributed by atoms with van der Waals surface area (Å²) < 4.78 is 19.7. The zero-order chi connectivity index (χ0) is 19.5. The molecule has 1 aromatic heterocycles. The van der Waals surface area contributed by atoms with Crippen molar-refractivity contribution in [2.24, 2.45) is 0 Å². The molecule has 2 aliphatic heterocycles. The van der Waals surface area contributed by atoms with Gasteiger partial charge in [0, 0.05) is 51.0 Å². The van der Waals surface area contributed by atoms with Crippen LogP contribution in [-0.4, -0.2) is 62.5 Å². The van der Waals surface area contributed by atoms with Crippen LogP contribution in [0.1, 0.15) is 11.3 Å². The van der Waals surface area contributed by atoms with Crippen molar-refractivity contribution in [3.63, 3.8) is 0 Å². The molecule has 8 heteroatoms. The van der Waals surface area contributed by atoms with Crippen molar-refractivity contribution in [3.05, 3.63) is 41.3 Å². The van der Waals surface area contributed by atoms with E-state index in [0.29, 0.717) is 50.6 Å². The highest BCUT2D eigenvalue weighted by molar-refractivity contribution is 5.61. The van der Waals surface area contributed by atoms with Gasteiger partial charge in [-0.3, -0.25) is 0 Å². The van der Waals surface area contributed by atoms with Crippen molar-refractivity contribution in [1.82, 2.24) is 9.97 Å². The van der Waals surface area contributed by atoms with E-state index in [2.05, 4.69) is 20.9 Å². The fraction of sp³-hybridized carbons (Fsp3) is 0.450. The molecule has 1 aromatic carbocycles. The number of aromatic nitrogens is 2. The summed E-state index contributed by atoms with van der Waals surface area (Å²) in [6, 6.07) is 8.73. The number of hydrogen-bond acceptors (Lipinski definition) is 7. The van der Waals surface area contributed by atoms with Gasteiger partial charge >= 0.3 is 0 Å². The Kier molecular flexibility index (Phi) is 5.26. The fourth-order valence-corrected chi connectivity index (χ4v) is 3.69. The maximum absolute atomic E-state index is 14.3. The van der Waals surface area contributed by atoms with Crippen LogP contribution in [0, 0.1) is 24.1 Å². The molecular formula is C20H23FN6O. The van der Waals surface area contributed by atoms with E-state index in [1.807, 2.05) is 17.9 Å². The summed E-state index contributed by atoms with van der Waals surface area (Å²) in [6.07, 6.45) is 0. The molecule has 0 amide bonds. The maximum Gasteiger partial charge on any atom is 0.227 e. The number of morpholine rings is 1. The van der Waals surface area contributed by atoms with Crippen LogP contribution in [-0.2, 0) is 4.74 Å². The van der Waals surface area contributed by atoms with Crippen molar-refractivity contribution < 1.29 is 9.13 Å². The summed E-state index contributed by atoms with van der Waals surface area (Å²) in [7, 11) is 0. The highest BCUT2D eigenvalue weighted by Crippen LogP contribution is 2.26. The van der Waals surface area contributed by atoms with Gasteiger partial charge in [0.2, 0.25) is 5.95 Å². The lowest BCUT2D eigenvalue weighted by atomic mass is 10.1. The van der Waals surface area contributed by atoms with Gasteiger partial charge in [-0.05, 0) is 19.1 Å². The Balaban J connectivity index is 1.50. The summed E-state index contributed by atoms with van der Waals surface area (Å²) in [4.78, 5) is 15.6. The first-order valence-electron chi connectivity index (χ1n) is 9.52. The minimum Gasteiger partial charge on any atom is -0.378 e. The number of hydrogen-bond donors (Lipinski definition) is 0. The van der Waals surface area contributed by atoms with E-state index < -0.39 is 0 Å². The smallest absolute Gasteiger partial charge is 0.227 e. The monoisotopic (exact) mass is 382 g/mol. The summed E-state index contributed by atoms with van der Waals surface area (Å²) >= 11 is 0. The second-order valence-corrected chi connectivity index (χ2v) is 6.99. The van der Waals surface area contributed by atoms with Gasteiger partial charge in [0.1, 0.15) is 17.7 Å². The van der Waals surface area contributed by atoms with E-state index in [0.717, 1.165) is 30.5 Å². The molecule has 2 aliphatic rings. The molecule has 2 saturated heterocycles. The van der Waals surface area contributed by atoms with Gasteiger partial charge in [-0.2, -0.15) is 10.2 Å². The van der Waals surface area contributed by atoms with Gasteiger partial charge in [-0.25, -0.2) is 9.37 Å². The van der Waals surface area contributed by atoms with Gasteiger partial charge in [0.25, 0.3) is 0 Å². The predicted molar refractivity (Wildman–Crippen MR) is 105 cm³/mol. The molecule has 0 unspecified atom stereocenters. The van der Waals surface area contributed by atoms with Gasteiger partial charge in [-0.1, -0.05) is 6.07 Å². The maximum atomic E-state index is 14.3. The van der Waals surface area contributed by atoms with Crippen LogP contribution in [0.15, 0.2) is 24.3 Å². The molecular weight excluding hydrogens is 359 g/mol. The molecule has 146 valence electrons. The fourth-order valence-electron chi connectivity index (χ4n) is 3.69. The number of aryl methyl sites for hydroxylation is 1. The van der Waals surface area contributed by atoms with Crippen LogP contribution in [0.3, 0.4) is 0 Å². The van der Waals surface area contributed by atoms with E-state index in [4.69, 9.17) is 9.72 Å². The number of para-hydroxylation sites is 1. The van der Waals surface area contributed by atoms with E-state index in [9.17, 15) is 9.65 Å².